The molecule has 76 heavy (non-hydrogen) atoms. The third-order valence-electron chi connectivity index (χ3n) is 13.0. The van der Waals surface area contributed by atoms with Crippen molar-refractivity contribution in [3.8, 4) is 67.5 Å². The summed E-state index contributed by atoms with van der Waals surface area (Å²) in [4.78, 5) is 40.8. The van der Waals surface area contributed by atoms with Crippen LogP contribution in [0.5, 0.6) is 0 Å². The second kappa shape index (κ2) is 25.2. The molecular weight excluding hydrogens is 961 g/mol. The van der Waals surface area contributed by atoms with Crippen LogP contribution in [0.1, 0.15) is 70.6 Å². The van der Waals surface area contributed by atoms with Gasteiger partial charge in [0.2, 0.25) is 23.4 Å². The zero-order chi connectivity index (χ0) is 53.6. The molecule has 19 nitrogen and oxygen atoms in total. The number of tetrazole rings is 3. The summed E-state index contributed by atoms with van der Waals surface area (Å²) in [5.41, 5.74) is 11.5. The maximum Gasteiger partial charge on any atom is 0.326 e. The molecule has 0 spiro atoms. The first-order chi connectivity index (χ1) is 36.9. The van der Waals surface area contributed by atoms with E-state index in [1.54, 1.807) is 0 Å². The molecule has 0 radical (unpaired) electrons. The van der Waals surface area contributed by atoms with E-state index in [1.807, 2.05) is 185 Å². The fourth-order valence-electron chi connectivity index (χ4n) is 9.36. The molecule has 0 fully saturated rings. The van der Waals surface area contributed by atoms with E-state index in [0.717, 1.165) is 79.6 Å². The summed E-state index contributed by atoms with van der Waals surface area (Å²) in [5.74, 6) is -0.651. The third-order valence-corrected chi connectivity index (χ3v) is 13.0. The van der Waals surface area contributed by atoms with Gasteiger partial charge in [0.15, 0.2) is 0 Å². The minimum absolute atomic E-state index is 0.0882. The Bertz CT molecular complexity index is 3150. The Morgan fingerprint density at radius 3 is 1.08 bits per heavy atom. The molecule has 1 amide bonds. The highest BCUT2D eigenvalue weighted by molar-refractivity contribution is 5.85. The number of carboxylic acid groups (broad SMARTS) is 2. The number of amides is 1. The molecule has 0 unspecified atom stereocenters. The lowest BCUT2D eigenvalue weighted by Crippen LogP contribution is -2.47. The zero-order valence-electron chi connectivity index (χ0n) is 42.9. The van der Waals surface area contributed by atoms with Gasteiger partial charge in [-0.15, -0.1) is 30.6 Å². The number of aromatic nitrogens is 12. The van der Waals surface area contributed by atoms with Crippen LogP contribution in [-0.4, -0.2) is 112 Å². The number of nitrogens with zero attached hydrogens (tertiary/aromatic N) is 11. The minimum atomic E-state index is -0.976. The highest BCUT2D eigenvalue weighted by Gasteiger charge is 2.32. The molecule has 388 valence electrons. The summed E-state index contributed by atoms with van der Waals surface area (Å²) < 4.78 is 0. The van der Waals surface area contributed by atoms with E-state index in [4.69, 9.17) is 0 Å². The summed E-state index contributed by atoms with van der Waals surface area (Å²) in [6, 6.07) is 46.3. The lowest BCUT2D eigenvalue weighted by molar-refractivity contribution is -0.153. The van der Waals surface area contributed by atoms with E-state index in [-0.39, 0.29) is 24.3 Å². The molecule has 3 heterocycles. The van der Waals surface area contributed by atoms with Gasteiger partial charge in [-0.3, -0.25) is 14.5 Å². The normalized spacial score (nSPS) is 12.1. The van der Waals surface area contributed by atoms with E-state index in [2.05, 4.69) is 61.9 Å². The highest BCUT2D eigenvalue weighted by Crippen LogP contribution is 2.33. The summed E-state index contributed by atoms with van der Waals surface area (Å²) in [7, 11) is 0. The predicted octanol–water partition coefficient (Wildman–Crippen LogP) is 9.65. The van der Waals surface area contributed by atoms with E-state index < -0.39 is 24.0 Å². The molecule has 0 saturated carbocycles. The molecule has 0 saturated heterocycles. The van der Waals surface area contributed by atoms with Gasteiger partial charge in [0.25, 0.3) is 0 Å². The standard InChI is InChI=1S/C33H31N9O2.C24H29N5O3/c1-21(2)30(33(43)44)42(19-22-11-15-24(16-12-22)26-7-3-5-9-28(26)31-34-38-39-35-31)20-23-13-17-25(18-14-23)27-8-4-6-10-29(27)32-36-40-41-37-32;1-4-5-10-21(30)29(22(16(2)3)24(31)32)15-17-11-13-18(14-12-17)19-8-6-7-9-20(19)23-25-27-28-26-23/h3-18,21,30H,19-20H2,1-2H3,(H,43,44)(H,34,35,38,39)(H,36,37,40,41);6-9,11-14,16,22H,4-5,10,15H2,1-3H3,(H,31,32)(H,25,26,27,28)/t30-;22-/m00/s1. The topological polar surface area (TPSA) is 262 Å². The summed E-state index contributed by atoms with van der Waals surface area (Å²) >= 11 is 0. The number of H-pyrrole nitrogens is 3. The molecule has 0 aliphatic heterocycles. The second-order valence-corrected chi connectivity index (χ2v) is 19.0. The predicted molar refractivity (Wildman–Crippen MR) is 287 cm³/mol. The average molecular weight is 1020 g/mol. The van der Waals surface area contributed by atoms with Crippen molar-refractivity contribution in [1.29, 1.82) is 0 Å². The van der Waals surface area contributed by atoms with Gasteiger partial charge in [-0.1, -0.05) is 187 Å². The van der Waals surface area contributed by atoms with Crippen LogP contribution in [0.25, 0.3) is 67.5 Å². The average Bonchev–Trinajstić information content (AvgIpc) is 4.28. The SMILES string of the molecule is CC(C)[C@@H](C(=O)O)N(Cc1ccc(-c2ccccc2-c2nn[nH]n2)cc1)Cc1ccc(-c2ccccc2-c2nn[nH]n2)cc1.CCCCC(=O)N(Cc1ccc(-c2ccccc2-c2nn[nH]n2)cc1)[C@H](C(=O)O)C(C)C. The minimum Gasteiger partial charge on any atom is -0.480 e. The van der Waals surface area contributed by atoms with Gasteiger partial charge in [-0.2, -0.15) is 15.6 Å². The van der Waals surface area contributed by atoms with Crippen LogP contribution in [0.2, 0.25) is 0 Å². The number of aliphatic carboxylic acids is 2. The van der Waals surface area contributed by atoms with Crippen molar-refractivity contribution in [1.82, 2.24) is 71.7 Å². The summed E-state index contributed by atoms with van der Waals surface area (Å²) in [6.07, 6.45) is 1.97. The summed E-state index contributed by atoms with van der Waals surface area (Å²) in [6.45, 7) is 10.8. The van der Waals surface area contributed by atoms with Crippen molar-refractivity contribution in [2.45, 2.75) is 85.6 Å². The van der Waals surface area contributed by atoms with Crippen LogP contribution in [0, 0.1) is 11.8 Å². The molecule has 3 aromatic heterocycles. The van der Waals surface area contributed by atoms with Crippen molar-refractivity contribution in [3.05, 3.63) is 162 Å². The van der Waals surface area contributed by atoms with E-state index >= 15 is 0 Å². The van der Waals surface area contributed by atoms with Gasteiger partial charge in [0.1, 0.15) is 12.1 Å². The number of rotatable bonds is 21. The van der Waals surface area contributed by atoms with Crippen molar-refractivity contribution in [2.24, 2.45) is 11.8 Å². The molecule has 0 aliphatic carbocycles. The van der Waals surface area contributed by atoms with Crippen molar-refractivity contribution < 1.29 is 24.6 Å². The van der Waals surface area contributed by atoms with E-state index in [0.29, 0.717) is 37.0 Å². The molecule has 19 heteroatoms. The van der Waals surface area contributed by atoms with Crippen LogP contribution in [-0.2, 0) is 34.0 Å². The van der Waals surface area contributed by atoms with Crippen molar-refractivity contribution in [3.63, 3.8) is 0 Å². The Hall–Kier alpha value is -9.10. The highest BCUT2D eigenvalue weighted by atomic mass is 16.4. The number of benzene rings is 6. The van der Waals surface area contributed by atoms with Crippen molar-refractivity contribution in [2.75, 3.05) is 0 Å². The number of carbonyl (C=O) groups excluding carboxylic acids is 1. The molecule has 0 aliphatic rings. The van der Waals surface area contributed by atoms with Crippen molar-refractivity contribution >= 4 is 17.8 Å². The number of carbonyl (C=O) groups is 3. The van der Waals surface area contributed by atoms with Crippen LogP contribution in [0.15, 0.2) is 146 Å². The van der Waals surface area contributed by atoms with Gasteiger partial charge in [-0.25, -0.2) is 4.79 Å². The Morgan fingerprint density at radius 1 is 0.461 bits per heavy atom. The number of hydrogen-bond acceptors (Lipinski definition) is 13. The third kappa shape index (κ3) is 13.0. The fourth-order valence-corrected chi connectivity index (χ4v) is 9.36. The Kier molecular flexibility index (Phi) is 17.7. The molecule has 2 atom stereocenters. The van der Waals surface area contributed by atoms with Gasteiger partial charge in [0.05, 0.1) is 0 Å². The van der Waals surface area contributed by atoms with Gasteiger partial charge in [-0.05, 0) is 84.0 Å². The van der Waals surface area contributed by atoms with Crippen LogP contribution in [0.4, 0.5) is 0 Å². The molecule has 9 rings (SSSR count). The Morgan fingerprint density at radius 2 is 0.789 bits per heavy atom. The maximum absolute atomic E-state index is 12.9. The molecule has 5 N–H and O–H groups in total. The van der Waals surface area contributed by atoms with Gasteiger partial charge < -0.3 is 15.1 Å². The van der Waals surface area contributed by atoms with Crippen LogP contribution < -0.4 is 0 Å². The second-order valence-electron chi connectivity index (χ2n) is 19.0. The lowest BCUT2D eigenvalue weighted by Gasteiger charge is -2.32. The number of nitrogens with one attached hydrogen (secondary N) is 3. The quantitative estimate of drug-likeness (QED) is 0.0449. The first kappa shape index (κ1) is 53.2. The molecular formula is C57H60N14O5. The molecule has 9 aromatic rings. The van der Waals surface area contributed by atoms with Gasteiger partial charge in [0, 0.05) is 42.7 Å². The maximum atomic E-state index is 12.9. The first-order valence-corrected chi connectivity index (χ1v) is 25.2. The number of aromatic amines is 3. The van der Waals surface area contributed by atoms with Crippen LogP contribution in [0.3, 0.4) is 0 Å². The summed E-state index contributed by atoms with van der Waals surface area (Å²) in [5, 5.41) is 63.2. The zero-order valence-corrected chi connectivity index (χ0v) is 42.9. The number of hydrogen-bond donors (Lipinski definition) is 5. The fraction of sp³-hybridized carbons (Fsp3) is 0.263. The monoisotopic (exact) mass is 1020 g/mol. The molecule has 0 bridgehead atoms. The first-order valence-electron chi connectivity index (χ1n) is 25.2. The van der Waals surface area contributed by atoms with E-state index in [1.165, 1.54) is 4.90 Å². The number of unbranched alkanes of at least 4 members (excludes halogenated alkanes) is 1. The number of carboxylic acids is 2. The Labute approximate surface area is 439 Å². The smallest absolute Gasteiger partial charge is 0.326 e. The lowest BCUT2D eigenvalue weighted by atomic mass is 9.96. The Balaban J connectivity index is 0.000000212. The van der Waals surface area contributed by atoms with Gasteiger partial charge >= 0.3 is 11.9 Å². The van der Waals surface area contributed by atoms with E-state index in [9.17, 15) is 24.6 Å². The molecule has 6 aromatic carbocycles. The van der Waals surface area contributed by atoms with Crippen LogP contribution >= 0.6 is 0 Å². The largest absolute Gasteiger partial charge is 0.480 e.